The summed E-state index contributed by atoms with van der Waals surface area (Å²) >= 11 is 0. The molecule has 0 saturated heterocycles. The van der Waals surface area contributed by atoms with Gasteiger partial charge in [0.2, 0.25) is 0 Å². The van der Waals surface area contributed by atoms with Crippen LogP contribution in [0.25, 0.3) is 0 Å². The summed E-state index contributed by atoms with van der Waals surface area (Å²) in [6.07, 6.45) is 1.70. The smallest absolute Gasteiger partial charge is 0.317 e. The Morgan fingerprint density at radius 1 is 1.13 bits per heavy atom. The predicted molar refractivity (Wildman–Crippen MR) is 120 cm³/mol. The molecule has 160 valence electrons. The lowest BCUT2D eigenvalue weighted by Crippen LogP contribution is -2.48. The molecular formula is C24H32N4O2. The molecule has 30 heavy (non-hydrogen) atoms. The molecule has 0 aliphatic carbocycles. The second-order valence-electron chi connectivity index (χ2n) is 8.18. The summed E-state index contributed by atoms with van der Waals surface area (Å²) in [5.41, 5.74) is 5.37. The number of nitrogens with one attached hydrogen (secondary N) is 2. The van der Waals surface area contributed by atoms with E-state index < -0.39 is 0 Å². The van der Waals surface area contributed by atoms with E-state index in [1.54, 1.807) is 7.05 Å². The Balaban J connectivity index is 1.59. The van der Waals surface area contributed by atoms with Gasteiger partial charge in [0, 0.05) is 38.3 Å². The van der Waals surface area contributed by atoms with Crippen molar-refractivity contribution in [2.75, 3.05) is 34.2 Å². The Morgan fingerprint density at radius 3 is 2.53 bits per heavy atom. The van der Waals surface area contributed by atoms with E-state index in [1.807, 2.05) is 44.1 Å². The van der Waals surface area contributed by atoms with Gasteiger partial charge in [-0.05, 0) is 62.2 Å². The van der Waals surface area contributed by atoms with Gasteiger partial charge in [0.1, 0.15) is 0 Å². The van der Waals surface area contributed by atoms with Gasteiger partial charge in [0.25, 0.3) is 5.91 Å². The third kappa shape index (κ3) is 5.19. The summed E-state index contributed by atoms with van der Waals surface area (Å²) in [7, 11) is 5.70. The molecular weight excluding hydrogens is 376 g/mol. The second-order valence-corrected chi connectivity index (χ2v) is 8.18. The summed E-state index contributed by atoms with van der Waals surface area (Å²) in [6, 6.07) is 14.4. The molecule has 2 N–H and O–H groups in total. The first-order valence-corrected chi connectivity index (χ1v) is 10.5. The van der Waals surface area contributed by atoms with E-state index in [4.69, 9.17) is 0 Å². The molecule has 0 bridgehead atoms. The number of aryl methyl sites for hydroxylation is 1. The molecule has 0 spiro atoms. The van der Waals surface area contributed by atoms with Crippen LogP contribution in [0.4, 0.5) is 4.79 Å². The first-order chi connectivity index (χ1) is 14.4. The van der Waals surface area contributed by atoms with Crippen LogP contribution in [0.15, 0.2) is 42.5 Å². The maximum atomic E-state index is 12.7. The van der Waals surface area contributed by atoms with Crippen LogP contribution in [0.5, 0.6) is 0 Å². The van der Waals surface area contributed by atoms with Gasteiger partial charge in [-0.25, -0.2) is 4.79 Å². The fraction of sp³-hybridized carbons (Fsp3) is 0.417. The normalized spacial score (nSPS) is 14.2. The van der Waals surface area contributed by atoms with Crippen molar-refractivity contribution >= 4 is 11.9 Å². The first kappa shape index (κ1) is 21.8. The molecule has 0 aromatic heterocycles. The van der Waals surface area contributed by atoms with Gasteiger partial charge < -0.3 is 20.4 Å². The number of likely N-dealkylation sites (N-methyl/N-ethyl adjacent to an activating group) is 1. The van der Waals surface area contributed by atoms with Crippen molar-refractivity contribution < 1.29 is 9.59 Å². The average molecular weight is 409 g/mol. The maximum Gasteiger partial charge on any atom is 0.317 e. The van der Waals surface area contributed by atoms with Crippen LogP contribution in [0.1, 0.15) is 32.6 Å². The van der Waals surface area contributed by atoms with Gasteiger partial charge in [-0.15, -0.1) is 0 Å². The predicted octanol–water partition coefficient (Wildman–Crippen LogP) is 2.60. The molecule has 1 heterocycles. The van der Waals surface area contributed by atoms with E-state index in [1.165, 1.54) is 11.1 Å². The summed E-state index contributed by atoms with van der Waals surface area (Å²) in [6.45, 7) is 3.93. The molecule has 1 aliphatic rings. The average Bonchev–Trinajstić information content (AvgIpc) is 2.75. The number of amides is 3. The fourth-order valence-corrected chi connectivity index (χ4v) is 3.94. The molecule has 0 fully saturated rings. The SMILES string of the molecule is CNC(=O)c1ccc(C[C@@H](CNC(=O)N2CCc3ccccc3C2)N(C)C)cc1C. The lowest BCUT2D eigenvalue weighted by Gasteiger charge is -2.31. The summed E-state index contributed by atoms with van der Waals surface area (Å²) < 4.78 is 0. The molecule has 1 aliphatic heterocycles. The number of rotatable bonds is 6. The van der Waals surface area contributed by atoms with Gasteiger partial charge >= 0.3 is 6.03 Å². The number of hydrogen-bond acceptors (Lipinski definition) is 3. The number of carbonyl (C=O) groups excluding carboxylic acids is 2. The highest BCUT2D eigenvalue weighted by molar-refractivity contribution is 5.95. The molecule has 3 amide bonds. The van der Waals surface area contributed by atoms with E-state index in [0.717, 1.165) is 30.5 Å². The number of benzene rings is 2. The third-order valence-corrected chi connectivity index (χ3v) is 5.87. The lowest BCUT2D eigenvalue weighted by atomic mass is 9.99. The number of urea groups is 1. The van der Waals surface area contributed by atoms with Gasteiger partial charge in [-0.2, -0.15) is 0 Å². The lowest BCUT2D eigenvalue weighted by molar-refractivity contribution is 0.0962. The Hall–Kier alpha value is -2.86. The maximum absolute atomic E-state index is 12.7. The monoisotopic (exact) mass is 408 g/mol. The molecule has 1 atom stereocenters. The summed E-state index contributed by atoms with van der Waals surface area (Å²) in [5, 5.41) is 5.79. The zero-order valence-electron chi connectivity index (χ0n) is 18.4. The first-order valence-electron chi connectivity index (χ1n) is 10.5. The highest BCUT2D eigenvalue weighted by Gasteiger charge is 2.22. The zero-order valence-corrected chi connectivity index (χ0v) is 18.4. The molecule has 3 rings (SSSR count). The molecule has 0 radical (unpaired) electrons. The van der Waals surface area contributed by atoms with Crippen molar-refractivity contribution in [3.05, 3.63) is 70.3 Å². The van der Waals surface area contributed by atoms with Crippen LogP contribution in [-0.2, 0) is 19.4 Å². The number of hydrogen-bond donors (Lipinski definition) is 2. The van der Waals surface area contributed by atoms with Gasteiger partial charge in [0.15, 0.2) is 0 Å². The molecule has 6 heteroatoms. The Labute approximate surface area is 179 Å². The number of fused-ring (bicyclic) bond motifs is 1. The Morgan fingerprint density at radius 2 is 1.87 bits per heavy atom. The van der Waals surface area contributed by atoms with Crippen molar-refractivity contribution in [3.8, 4) is 0 Å². The van der Waals surface area contributed by atoms with E-state index in [2.05, 4.69) is 39.8 Å². The topological polar surface area (TPSA) is 64.7 Å². The fourth-order valence-electron chi connectivity index (χ4n) is 3.94. The van der Waals surface area contributed by atoms with Crippen LogP contribution >= 0.6 is 0 Å². The van der Waals surface area contributed by atoms with Crippen LogP contribution in [0, 0.1) is 6.92 Å². The molecule has 0 saturated carbocycles. The van der Waals surface area contributed by atoms with Crippen LogP contribution in [-0.4, -0.2) is 62.0 Å². The Bertz CT molecular complexity index is 910. The van der Waals surface area contributed by atoms with Gasteiger partial charge in [-0.1, -0.05) is 36.4 Å². The van der Waals surface area contributed by atoms with Crippen LogP contribution in [0.2, 0.25) is 0 Å². The van der Waals surface area contributed by atoms with Crippen molar-refractivity contribution in [2.24, 2.45) is 0 Å². The summed E-state index contributed by atoms with van der Waals surface area (Å²) in [5.74, 6) is -0.0708. The minimum atomic E-state index is -0.0708. The van der Waals surface area contributed by atoms with E-state index in [9.17, 15) is 9.59 Å². The van der Waals surface area contributed by atoms with Crippen LogP contribution in [0.3, 0.4) is 0 Å². The van der Waals surface area contributed by atoms with Crippen LogP contribution < -0.4 is 10.6 Å². The quantitative estimate of drug-likeness (QED) is 0.772. The summed E-state index contributed by atoms with van der Waals surface area (Å²) in [4.78, 5) is 28.7. The Kier molecular flexibility index (Phi) is 7.11. The number of nitrogens with zero attached hydrogens (tertiary/aromatic N) is 2. The van der Waals surface area contributed by atoms with Crippen molar-refractivity contribution in [1.82, 2.24) is 20.4 Å². The van der Waals surface area contributed by atoms with Gasteiger partial charge in [-0.3, -0.25) is 4.79 Å². The zero-order chi connectivity index (χ0) is 21.7. The second kappa shape index (κ2) is 9.76. The molecule has 0 unspecified atom stereocenters. The molecule has 2 aromatic rings. The highest BCUT2D eigenvalue weighted by Crippen LogP contribution is 2.18. The van der Waals surface area contributed by atoms with Gasteiger partial charge in [0.05, 0.1) is 0 Å². The standard InChI is InChI=1S/C24H32N4O2/c1-17-13-18(9-10-22(17)23(29)25-2)14-21(27(3)4)15-26-24(30)28-12-11-19-7-5-6-8-20(19)16-28/h5-10,13,21H,11-12,14-16H2,1-4H3,(H,25,29)(H,26,30)/t21-/m0/s1. The van der Waals surface area contributed by atoms with Crippen molar-refractivity contribution in [1.29, 1.82) is 0 Å². The van der Waals surface area contributed by atoms with Crippen molar-refractivity contribution in [3.63, 3.8) is 0 Å². The van der Waals surface area contributed by atoms with E-state index in [-0.39, 0.29) is 18.0 Å². The van der Waals surface area contributed by atoms with E-state index >= 15 is 0 Å². The largest absolute Gasteiger partial charge is 0.355 e. The number of carbonyl (C=O) groups is 2. The molecule has 2 aromatic carbocycles. The highest BCUT2D eigenvalue weighted by atomic mass is 16.2. The third-order valence-electron chi connectivity index (χ3n) is 5.87. The van der Waals surface area contributed by atoms with E-state index in [0.29, 0.717) is 18.7 Å². The minimum Gasteiger partial charge on any atom is -0.355 e. The minimum absolute atomic E-state index is 0.0116. The molecule has 6 nitrogen and oxygen atoms in total. The van der Waals surface area contributed by atoms with Crippen molar-refractivity contribution in [2.45, 2.75) is 32.4 Å².